The van der Waals surface area contributed by atoms with Crippen LogP contribution in [0.3, 0.4) is 0 Å². The average Bonchev–Trinajstić information content (AvgIpc) is 2.62. The van der Waals surface area contributed by atoms with Gasteiger partial charge in [0.05, 0.1) is 20.9 Å². The van der Waals surface area contributed by atoms with Crippen molar-refractivity contribution >= 4 is 34.6 Å². The first-order valence-corrected chi connectivity index (χ1v) is 8.18. The van der Waals surface area contributed by atoms with Crippen LogP contribution in [0.5, 0.6) is 0 Å². The lowest BCUT2D eigenvalue weighted by molar-refractivity contribution is -0.388. The van der Waals surface area contributed by atoms with Crippen molar-refractivity contribution in [2.75, 3.05) is 11.2 Å². The molecule has 1 unspecified atom stereocenters. The van der Waals surface area contributed by atoms with Gasteiger partial charge in [-0.15, -0.1) is 11.6 Å². The van der Waals surface area contributed by atoms with Gasteiger partial charge >= 0.3 is 6.18 Å². The molecule has 1 atom stereocenters. The quantitative estimate of drug-likeness (QED) is 0.360. The molecular weight excluding hydrogens is 423 g/mol. The minimum Gasteiger partial charge on any atom is -0.382 e. The van der Waals surface area contributed by atoms with Crippen molar-refractivity contribution in [3.63, 3.8) is 0 Å². The number of benzene rings is 2. The van der Waals surface area contributed by atoms with E-state index in [1.165, 1.54) is 0 Å². The van der Waals surface area contributed by atoms with Gasteiger partial charge in [0.25, 0.3) is 17.3 Å². The molecule has 0 aliphatic heterocycles. The maximum absolute atomic E-state index is 12.7. The molecule has 0 fully saturated rings. The second-order valence-corrected chi connectivity index (χ2v) is 5.94. The van der Waals surface area contributed by atoms with Crippen molar-refractivity contribution in [1.82, 2.24) is 0 Å². The molecule has 0 saturated heterocycles. The van der Waals surface area contributed by atoms with E-state index in [-0.39, 0.29) is 16.3 Å². The number of nitrogens with one attached hydrogen (secondary N) is 1. The van der Waals surface area contributed by atoms with Gasteiger partial charge in [0.1, 0.15) is 11.7 Å². The number of anilines is 1. The molecule has 1 amide bonds. The molecule has 1 aromatic rings. The minimum atomic E-state index is -4.95. The molecule has 0 saturated carbocycles. The van der Waals surface area contributed by atoms with Gasteiger partial charge in [0.2, 0.25) is 0 Å². The zero-order valence-corrected chi connectivity index (χ0v) is 14.9. The highest BCUT2D eigenvalue weighted by atomic mass is 35.5. The third kappa shape index (κ3) is 4.97. The zero-order chi connectivity index (χ0) is 21.9. The third-order valence-corrected chi connectivity index (χ3v) is 4.01. The van der Waals surface area contributed by atoms with Crippen LogP contribution in [0.25, 0.3) is 0 Å². The fourth-order valence-electron chi connectivity index (χ4n) is 2.22. The predicted octanol–water partition coefficient (Wildman–Crippen LogP) is 3.35. The van der Waals surface area contributed by atoms with Crippen LogP contribution in [-0.4, -0.2) is 32.8 Å². The van der Waals surface area contributed by atoms with Gasteiger partial charge < -0.3 is 10.4 Å². The molecule has 2 aliphatic rings. The van der Waals surface area contributed by atoms with Gasteiger partial charge in [-0.3, -0.25) is 25.0 Å². The molecule has 2 aliphatic carbocycles. The molecule has 3 rings (SSSR count). The van der Waals surface area contributed by atoms with Gasteiger partial charge in [-0.05, 0) is 23.4 Å². The summed E-state index contributed by atoms with van der Waals surface area (Å²) in [5.74, 6) is -1.45. The Labute approximate surface area is 164 Å². The number of aliphatic hydroxyl groups is 1. The monoisotopic (exact) mass is 433 g/mol. The fourth-order valence-corrected chi connectivity index (χ4v) is 2.36. The Bertz CT molecular complexity index is 1080. The molecule has 0 spiro atoms. The van der Waals surface area contributed by atoms with Crippen LogP contribution in [0.2, 0.25) is 0 Å². The van der Waals surface area contributed by atoms with E-state index in [0.717, 1.165) is 16.5 Å². The number of rotatable bonds is 5. The summed E-state index contributed by atoms with van der Waals surface area (Å²) in [7, 11) is 0. The lowest BCUT2D eigenvalue weighted by Gasteiger charge is -2.12. The number of nitrogens with zero attached hydrogens (tertiary/aromatic N) is 2. The number of hydrogen-bond donors (Lipinski definition) is 2. The van der Waals surface area contributed by atoms with Crippen LogP contribution in [0, 0.1) is 30.7 Å². The Hall–Kier alpha value is -3.25. The van der Waals surface area contributed by atoms with Gasteiger partial charge in [0.15, 0.2) is 0 Å². The van der Waals surface area contributed by atoms with Gasteiger partial charge in [-0.1, -0.05) is 6.07 Å². The maximum Gasteiger partial charge on any atom is 0.423 e. The van der Waals surface area contributed by atoms with Crippen LogP contribution in [0.1, 0.15) is 5.56 Å². The second-order valence-electron chi connectivity index (χ2n) is 5.64. The van der Waals surface area contributed by atoms with E-state index in [9.17, 15) is 38.2 Å². The number of amides is 1. The topological polar surface area (TPSA) is 136 Å². The standard InChI is InChI=1S/C10H8ClF3N2O4.C6H3NO2/c11-4-8(17)9(18)15-5-1-2-7(16(19)20)6(3-5)10(12,13)14;8-7(9)6-3-4-1-2-5(4)6/h1-3,8,17H,4H2,(H,15,18);1-3H. The van der Waals surface area contributed by atoms with E-state index in [4.69, 9.17) is 16.7 Å². The molecule has 0 bridgehead atoms. The smallest absolute Gasteiger partial charge is 0.382 e. The fraction of sp³-hybridized carbons (Fsp3) is 0.188. The highest BCUT2D eigenvalue weighted by Gasteiger charge is 2.38. The van der Waals surface area contributed by atoms with Crippen molar-refractivity contribution in [1.29, 1.82) is 0 Å². The molecule has 1 aromatic carbocycles. The van der Waals surface area contributed by atoms with Crippen LogP contribution in [0.4, 0.5) is 30.2 Å². The molecule has 154 valence electrons. The number of alkyl halides is 4. The summed E-state index contributed by atoms with van der Waals surface area (Å²) in [6.45, 7) is 0. The number of carbonyl (C=O) groups excluding carboxylic acids is 1. The number of carbonyl (C=O) groups is 1. The highest BCUT2D eigenvalue weighted by Crippen LogP contribution is 2.37. The van der Waals surface area contributed by atoms with Gasteiger partial charge in [-0.25, -0.2) is 0 Å². The van der Waals surface area contributed by atoms with Crippen LogP contribution in [0.15, 0.2) is 36.4 Å². The summed E-state index contributed by atoms with van der Waals surface area (Å²) < 4.78 is 38.0. The van der Waals surface area contributed by atoms with E-state index in [1.54, 1.807) is 12.1 Å². The van der Waals surface area contributed by atoms with Crippen molar-refractivity contribution in [3.05, 3.63) is 72.6 Å². The lowest BCUT2D eigenvalue weighted by atomic mass is 10.1. The Kier molecular flexibility index (Phi) is 6.39. The van der Waals surface area contributed by atoms with Crippen molar-refractivity contribution in [3.8, 4) is 0 Å². The Morgan fingerprint density at radius 3 is 2.07 bits per heavy atom. The molecule has 13 heteroatoms. The van der Waals surface area contributed by atoms with Gasteiger partial charge in [-0.2, -0.15) is 13.2 Å². The first kappa shape index (κ1) is 22.0. The SMILES string of the molecule is O=C(Nc1ccc([N+](=O)[O-])c(C(F)(F)F)c1)C(O)CCl.O=[N+]([O-])c1cc2ccc1=2. The average molecular weight is 434 g/mol. The van der Waals surface area contributed by atoms with Crippen molar-refractivity contribution in [2.45, 2.75) is 12.3 Å². The van der Waals surface area contributed by atoms with E-state index in [0.29, 0.717) is 12.1 Å². The van der Waals surface area contributed by atoms with Crippen LogP contribution >= 0.6 is 11.6 Å². The number of aliphatic hydroxyl groups excluding tert-OH is 1. The summed E-state index contributed by atoms with van der Waals surface area (Å²) in [6, 6.07) is 7.15. The lowest BCUT2D eigenvalue weighted by Crippen LogP contribution is -2.29. The van der Waals surface area contributed by atoms with Gasteiger partial charge in [0, 0.05) is 17.8 Å². The van der Waals surface area contributed by atoms with E-state index < -0.39 is 40.2 Å². The number of non-ortho nitro benzene ring substituents is 1. The number of halogens is 4. The number of hydrogen-bond acceptors (Lipinski definition) is 6. The minimum absolute atomic E-state index is 0.257. The normalized spacial score (nSPS) is 12.3. The first-order valence-electron chi connectivity index (χ1n) is 7.65. The molecule has 0 radical (unpaired) electrons. The maximum atomic E-state index is 12.7. The van der Waals surface area contributed by atoms with E-state index in [2.05, 4.69) is 0 Å². The second kappa shape index (κ2) is 8.41. The summed E-state index contributed by atoms with van der Waals surface area (Å²) in [6.07, 6.45) is -6.55. The van der Waals surface area contributed by atoms with E-state index >= 15 is 0 Å². The molecule has 0 aromatic heterocycles. The Balaban J connectivity index is 0.000000272. The molecule has 9 nitrogen and oxygen atoms in total. The molecule has 0 heterocycles. The summed E-state index contributed by atoms with van der Waals surface area (Å²) in [4.78, 5) is 30.3. The van der Waals surface area contributed by atoms with Crippen molar-refractivity contribution in [2.24, 2.45) is 0 Å². The van der Waals surface area contributed by atoms with E-state index in [1.807, 2.05) is 11.4 Å². The first-order chi connectivity index (χ1) is 13.5. The molecule has 29 heavy (non-hydrogen) atoms. The Morgan fingerprint density at radius 1 is 1.10 bits per heavy atom. The summed E-state index contributed by atoms with van der Waals surface area (Å²) in [5, 5.41) is 33.4. The predicted molar refractivity (Wildman–Crippen MR) is 94.2 cm³/mol. The molecular formula is C16H11ClF3N3O6. The summed E-state index contributed by atoms with van der Waals surface area (Å²) >= 11 is 5.20. The number of nitro groups is 2. The van der Waals surface area contributed by atoms with Crippen LogP contribution in [-0.2, 0) is 11.0 Å². The highest BCUT2D eigenvalue weighted by molar-refractivity contribution is 6.20. The zero-order valence-electron chi connectivity index (χ0n) is 14.1. The van der Waals surface area contributed by atoms with Crippen LogP contribution < -0.4 is 5.32 Å². The number of nitro benzene ring substituents is 2. The van der Waals surface area contributed by atoms with Crippen molar-refractivity contribution < 1.29 is 32.9 Å². The third-order valence-electron chi connectivity index (χ3n) is 3.72. The largest absolute Gasteiger partial charge is 0.423 e. The summed E-state index contributed by atoms with van der Waals surface area (Å²) in [5.41, 5.74) is -2.71. The molecule has 2 N–H and O–H groups in total. The Morgan fingerprint density at radius 2 is 1.72 bits per heavy atom.